The van der Waals surface area contributed by atoms with Gasteiger partial charge in [-0.25, -0.2) is 13.1 Å². The first-order valence-electron chi connectivity index (χ1n) is 5.48. The van der Waals surface area contributed by atoms with Gasteiger partial charge in [-0.3, -0.25) is 14.9 Å². The fourth-order valence-electron chi connectivity index (χ4n) is 1.35. The van der Waals surface area contributed by atoms with Crippen molar-refractivity contribution in [3.63, 3.8) is 0 Å². The number of carbonyl (C=O) groups is 1. The summed E-state index contributed by atoms with van der Waals surface area (Å²) in [5.74, 6) is -0.632. The number of nitrogens with one attached hydrogen (secondary N) is 2. The van der Waals surface area contributed by atoms with Crippen molar-refractivity contribution in [1.29, 1.82) is 0 Å². The van der Waals surface area contributed by atoms with E-state index in [4.69, 9.17) is 23.2 Å². The van der Waals surface area contributed by atoms with Crippen molar-refractivity contribution in [1.82, 2.24) is 10.0 Å². The summed E-state index contributed by atoms with van der Waals surface area (Å²) in [6, 6.07) is 2.18. The number of hydrogen-bond donors (Lipinski definition) is 2. The molecule has 0 aliphatic carbocycles. The second-order valence-electron chi connectivity index (χ2n) is 3.97. The van der Waals surface area contributed by atoms with Gasteiger partial charge in [0.25, 0.3) is 11.6 Å². The Hall–Kier alpha value is -1.42. The van der Waals surface area contributed by atoms with Gasteiger partial charge >= 0.3 is 0 Å². The summed E-state index contributed by atoms with van der Waals surface area (Å²) in [6.45, 7) is 0.00787. The SMILES string of the molecule is CS(=O)(=O)NCCNC(=O)c1cc(Cl)c(Cl)c([N+](=O)[O-])c1. The van der Waals surface area contributed by atoms with E-state index in [0.29, 0.717) is 0 Å². The van der Waals surface area contributed by atoms with Crippen LogP contribution in [0.25, 0.3) is 0 Å². The molecule has 1 aromatic rings. The van der Waals surface area contributed by atoms with E-state index in [-0.39, 0.29) is 28.7 Å². The molecule has 0 spiro atoms. The van der Waals surface area contributed by atoms with Crippen LogP contribution in [-0.2, 0) is 10.0 Å². The quantitative estimate of drug-likeness (QED) is 0.451. The van der Waals surface area contributed by atoms with Gasteiger partial charge in [0.05, 0.1) is 16.2 Å². The molecule has 8 nitrogen and oxygen atoms in total. The number of nitrogens with zero attached hydrogens (tertiary/aromatic N) is 1. The van der Waals surface area contributed by atoms with Crippen LogP contribution >= 0.6 is 23.2 Å². The van der Waals surface area contributed by atoms with Crippen LogP contribution in [0.5, 0.6) is 0 Å². The van der Waals surface area contributed by atoms with Crippen molar-refractivity contribution in [3.05, 3.63) is 37.9 Å². The lowest BCUT2D eigenvalue weighted by molar-refractivity contribution is -0.384. The molecule has 0 unspecified atom stereocenters. The van der Waals surface area contributed by atoms with E-state index in [1.54, 1.807) is 0 Å². The number of amides is 1. The maximum atomic E-state index is 11.8. The number of carbonyl (C=O) groups excluding carboxylic acids is 1. The van der Waals surface area contributed by atoms with Gasteiger partial charge in [0, 0.05) is 24.7 Å². The fourth-order valence-corrected chi connectivity index (χ4v) is 2.22. The molecule has 0 bridgehead atoms. The fraction of sp³-hybridized carbons (Fsp3) is 0.300. The molecule has 0 saturated carbocycles. The summed E-state index contributed by atoms with van der Waals surface area (Å²) < 4.78 is 23.8. The lowest BCUT2D eigenvalue weighted by atomic mass is 10.2. The predicted molar refractivity (Wildman–Crippen MR) is 78.3 cm³/mol. The Morgan fingerprint density at radius 1 is 1.33 bits per heavy atom. The maximum absolute atomic E-state index is 11.8. The molecule has 1 amide bonds. The van der Waals surface area contributed by atoms with E-state index >= 15 is 0 Å². The number of benzene rings is 1. The first kappa shape index (κ1) is 17.6. The second-order valence-corrected chi connectivity index (χ2v) is 6.59. The molecule has 11 heteroatoms. The largest absolute Gasteiger partial charge is 0.351 e. The van der Waals surface area contributed by atoms with Gasteiger partial charge in [-0.05, 0) is 6.07 Å². The predicted octanol–water partition coefficient (Wildman–Crippen LogP) is 1.18. The van der Waals surface area contributed by atoms with Gasteiger partial charge in [-0.15, -0.1) is 0 Å². The van der Waals surface area contributed by atoms with Crippen LogP contribution in [0.4, 0.5) is 5.69 Å². The third-order valence-electron chi connectivity index (χ3n) is 2.24. The van der Waals surface area contributed by atoms with Crippen molar-refractivity contribution in [2.45, 2.75) is 0 Å². The monoisotopic (exact) mass is 355 g/mol. The Morgan fingerprint density at radius 3 is 2.48 bits per heavy atom. The Labute approximate surface area is 130 Å². The molecule has 0 atom stereocenters. The average molecular weight is 356 g/mol. The molecule has 21 heavy (non-hydrogen) atoms. The lowest BCUT2D eigenvalue weighted by Crippen LogP contribution is -2.34. The van der Waals surface area contributed by atoms with Gasteiger partial charge in [0.1, 0.15) is 5.02 Å². The molecule has 0 fully saturated rings. The highest BCUT2D eigenvalue weighted by Crippen LogP contribution is 2.32. The summed E-state index contributed by atoms with van der Waals surface area (Å²) in [6.07, 6.45) is 0.983. The summed E-state index contributed by atoms with van der Waals surface area (Å²) in [5.41, 5.74) is -0.529. The Bertz CT molecular complexity index is 678. The zero-order valence-corrected chi connectivity index (χ0v) is 13.0. The third kappa shape index (κ3) is 5.46. The van der Waals surface area contributed by atoms with Gasteiger partial charge in [-0.2, -0.15) is 0 Å². The summed E-state index contributed by atoms with van der Waals surface area (Å²) in [4.78, 5) is 21.8. The number of rotatable bonds is 6. The summed E-state index contributed by atoms with van der Waals surface area (Å²) >= 11 is 11.4. The topological polar surface area (TPSA) is 118 Å². The number of nitro groups is 1. The Balaban J connectivity index is 2.77. The van der Waals surface area contributed by atoms with E-state index in [0.717, 1.165) is 12.3 Å². The molecule has 2 N–H and O–H groups in total. The van der Waals surface area contributed by atoms with Crippen molar-refractivity contribution in [3.8, 4) is 0 Å². The number of nitro benzene ring substituents is 1. The van der Waals surface area contributed by atoms with Crippen LogP contribution in [-0.4, -0.2) is 38.6 Å². The minimum absolute atomic E-state index is 0.00596. The van der Waals surface area contributed by atoms with Crippen molar-refractivity contribution in [2.24, 2.45) is 0 Å². The standard InChI is InChI=1S/C10H11Cl2N3O5S/c1-21(19,20)14-3-2-13-10(16)6-4-7(11)9(12)8(5-6)15(17)18/h4-5,14H,2-3H2,1H3,(H,13,16). The zero-order chi connectivity index (χ0) is 16.2. The third-order valence-corrected chi connectivity index (χ3v) is 3.76. The average Bonchev–Trinajstić information content (AvgIpc) is 2.35. The molecule has 1 rings (SSSR count). The molecule has 0 radical (unpaired) electrons. The number of halogens is 2. The van der Waals surface area contributed by atoms with Crippen LogP contribution in [0, 0.1) is 10.1 Å². The molecular weight excluding hydrogens is 345 g/mol. The smallest absolute Gasteiger partial charge is 0.290 e. The highest BCUT2D eigenvalue weighted by Gasteiger charge is 2.19. The van der Waals surface area contributed by atoms with E-state index in [2.05, 4.69) is 10.0 Å². The summed E-state index contributed by atoms with van der Waals surface area (Å²) in [5, 5.41) is 12.8. The normalized spacial score (nSPS) is 11.2. The number of hydrogen-bond acceptors (Lipinski definition) is 5. The highest BCUT2D eigenvalue weighted by atomic mass is 35.5. The molecular formula is C10H11Cl2N3O5S. The Kier molecular flexibility index (Phi) is 5.90. The van der Waals surface area contributed by atoms with Crippen LogP contribution in [0.15, 0.2) is 12.1 Å². The molecule has 116 valence electrons. The zero-order valence-electron chi connectivity index (χ0n) is 10.7. The minimum atomic E-state index is -3.35. The summed E-state index contributed by atoms with van der Waals surface area (Å²) in [7, 11) is -3.35. The molecule has 1 aromatic carbocycles. The molecule has 0 saturated heterocycles. The molecule has 0 aliphatic rings. The van der Waals surface area contributed by atoms with Crippen molar-refractivity contribution < 1.29 is 18.1 Å². The van der Waals surface area contributed by atoms with Crippen LogP contribution < -0.4 is 10.0 Å². The van der Waals surface area contributed by atoms with Gasteiger partial charge < -0.3 is 5.32 Å². The first-order valence-corrected chi connectivity index (χ1v) is 8.13. The first-order chi connectivity index (χ1) is 9.61. The van der Waals surface area contributed by atoms with Crippen LogP contribution in [0.3, 0.4) is 0 Å². The van der Waals surface area contributed by atoms with Gasteiger partial charge in [0.2, 0.25) is 10.0 Å². The number of sulfonamides is 1. The van der Waals surface area contributed by atoms with E-state index in [1.165, 1.54) is 6.07 Å². The minimum Gasteiger partial charge on any atom is -0.351 e. The second kappa shape index (κ2) is 7.03. The van der Waals surface area contributed by atoms with E-state index in [9.17, 15) is 23.3 Å². The van der Waals surface area contributed by atoms with Gasteiger partial charge in [0.15, 0.2) is 0 Å². The van der Waals surface area contributed by atoms with Crippen molar-refractivity contribution >= 4 is 44.8 Å². The molecule has 0 aromatic heterocycles. The van der Waals surface area contributed by atoms with Crippen LogP contribution in [0.2, 0.25) is 10.0 Å². The Morgan fingerprint density at radius 2 is 1.95 bits per heavy atom. The maximum Gasteiger partial charge on any atom is 0.290 e. The van der Waals surface area contributed by atoms with Gasteiger partial charge in [-0.1, -0.05) is 23.2 Å². The van der Waals surface area contributed by atoms with E-state index < -0.39 is 26.5 Å². The molecule has 0 aliphatic heterocycles. The lowest BCUT2D eigenvalue weighted by Gasteiger charge is -2.07. The van der Waals surface area contributed by atoms with E-state index in [1.807, 2.05) is 0 Å². The van der Waals surface area contributed by atoms with Crippen molar-refractivity contribution in [2.75, 3.05) is 19.3 Å². The highest BCUT2D eigenvalue weighted by molar-refractivity contribution is 7.88. The molecule has 0 heterocycles. The van der Waals surface area contributed by atoms with Crippen LogP contribution in [0.1, 0.15) is 10.4 Å².